The second-order valence-electron chi connectivity index (χ2n) is 1.88. The van der Waals surface area contributed by atoms with E-state index in [4.69, 9.17) is 11.6 Å². The van der Waals surface area contributed by atoms with Crippen LogP contribution in [-0.2, 0) is 6.67 Å². The summed E-state index contributed by atoms with van der Waals surface area (Å²) < 4.78 is 12.7. The minimum atomic E-state index is -0.449. The lowest BCUT2D eigenvalue weighted by molar-refractivity contribution is 0.485. The highest BCUT2D eigenvalue weighted by molar-refractivity contribution is 9.10. The summed E-state index contributed by atoms with van der Waals surface area (Å²) in [5.41, 5.74) is 0.635. The zero-order valence-corrected chi connectivity index (χ0v) is 7.41. The predicted molar refractivity (Wildman–Crippen MR) is 44.0 cm³/mol. The summed E-state index contributed by atoms with van der Waals surface area (Å²) >= 11 is 8.86. The quantitative estimate of drug-likeness (QED) is 0.683. The molecule has 3 heteroatoms. The summed E-state index contributed by atoms with van der Waals surface area (Å²) in [6.07, 6.45) is 0. The summed E-state index contributed by atoms with van der Waals surface area (Å²) in [4.78, 5) is 0. The van der Waals surface area contributed by atoms with Gasteiger partial charge in [-0.25, -0.2) is 4.39 Å². The van der Waals surface area contributed by atoms with Crippen LogP contribution in [0.5, 0.6) is 0 Å². The second-order valence-corrected chi connectivity index (χ2v) is 3.14. The molecule has 0 saturated heterocycles. The van der Waals surface area contributed by atoms with Gasteiger partial charge in [0.05, 0.1) is 5.02 Å². The maximum absolute atomic E-state index is 12.0. The maximum atomic E-state index is 12.0. The van der Waals surface area contributed by atoms with Crippen LogP contribution < -0.4 is 0 Å². The average Bonchev–Trinajstić information content (AvgIpc) is 1.95. The zero-order valence-electron chi connectivity index (χ0n) is 5.07. The second kappa shape index (κ2) is 3.35. The first-order valence-corrected chi connectivity index (χ1v) is 3.91. The van der Waals surface area contributed by atoms with Crippen LogP contribution in [0.3, 0.4) is 0 Å². The van der Waals surface area contributed by atoms with Crippen molar-refractivity contribution >= 4 is 27.5 Å². The molecule has 0 spiro atoms. The van der Waals surface area contributed by atoms with E-state index in [1.807, 2.05) is 0 Å². The Morgan fingerprint density at radius 3 is 2.70 bits per heavy atom. The first kappa shape index (κ1) is 8.02. The van der Waals surface area contributed by atoms with E-state index in [1.54, 1.807) is 18.2 Å². The van der Waals surface area contributed by atoms with Crippen LogP contribution in [0.4, 0.5) is 4.39 Å². The Kier molecular flexibility index (Phi) is 2.69. The first-order chi connectivity index (χ1) is 4.74. The Bertz CT molecular complexity index is 237. The summed E-state index contributed by atoms with van der Waals surface area (Å²) in [6.45, 7) is -0.449. The highest BCUT2D eigenvalue weighted by atomic mass is 79.9. The third-order valence-electron chi connectivity index (χ3n) is 1.14. The fourth-order valence-electron chi connectivity index (χ4n) is 0.623. The standard InChI is InChI=1S/C7H5BrClF/c8-6-3-5(4-10)1-2-7(6)9/h1-3H,4H2. The molecule has 0 amide bonds. The van der Waals surface area contributed by atoms with Crippen molar-refractivity contribution in [3.05, 3.63) is 33.3 Å². The van der Waals surface area contributed by atoms with Crippen LogP contribution in [0.2, 0.25) is 5.02 Å². The van der Waals surface area contributed by atoms with Crippen LogP contribution in [0.1, 0.15) is 5.56 Å². The Hall–Kier alpha value is -0.0800. The first-order valence-electron chi connectivity index (χ1n) is 2.74. The Morgan fingerprint density at radius 2 is 2.20 bits per heavy atom. The van der Waals surface area contributed by atoms with Crippen LogP contribution >= 0.6 is 27.5 Å². The van der Waals surface area contributed by atoms with Gasteiger partial charge >= 0.3 is 0 Å². The molecule has 0 aliphatic carbocycles. The van der Waals surface area contributed by atoms with Crippen molar-refractivity contribution in [3.63, 3.8) is 0 Å². The van der Waals surface area contributed by atoms with Crippen LogP contribution in [0.25, 0.3) is 0 Å². The van der Waals surface area contributed by atoms with Crippen molar-refractivity contribution in [2.45, 2.75) is 6.67 Å². The number of halogens is 3. The van der Waals surface area contributed by atoms with Gasteiger partial charge in [-0.3, -0.25) is 0 Å². The minimum absolute atomic E-state index is 0.449. The number of alkyl halides is 1. The van der Waals surface area contributed by atoms with E-state index in [2.05, 4.69) is 15.9 Å². The van der Waals surface area contributed by atoms with Gasteiger partial charge in [0.2, 0.25) is 0 Å². The summed E-state index contributed by atoms with van der Waals surface area (Å²) in [5.74, 6) is 0. The van der Waals surface area contributed by atoms with Gasteiger partial charge in [-0.2, -0.15) is 0 Å². The lowest BCUT2D eigenvalue weighted by atomic mass is 10.2. The van der Waals surface area contributed by atoms with Crippen LogP contribution in [0, 0.1) is 0 Å². The van der Waals surface area contributed by atoms with E-state index in [-0.39, 0.29) is 0 Å². The van der Waals surface area contributed by atoms with Gasteiger partial charge in [0.15, 0.2) is 0 Å². The van der Waals surface area contributed by atoms with E-state index >= 15 is 0 Å². The molecule has 0 radical (unpaired) electrons. The van der Waals surface area contributed by atoms with Crippen molar-refractivity contribution in [1.29, 1.82) is 0 Å². The molecule has 0 saturated carbocycles. The number of benzene rings is 1. The molecule has 0 bridgehead atoms. The monoisotopic (exact) mass is 222 g/mol. The van der Waals surface area contributed by atoms with Crippen molar-refractivity contribution in [3.8, 4) is 0 Å². The van der Waals surface area contributed by atoms with Gasteiger partial charge in [0, 0.05) is 4.47 Å². The molecule has 1 aromatic rings. The summed E-state index contributed by atoms with van der Waals surface area (Å²) in [6, 6.07) is 5.00. The zero-order chi connectivity index (χ0) is 7.56. The molecule has 54 valence electrons. The molecule has 0 atom stereocenters. The van der Waals surface area contributed by atoms with Crippen molar-refractivity contribution in [1.82, 2.24) is 0 Å². The van der Waals surface area contributed by atoms with E-state index in [1.165, 1.54) is 0 Å². The Balaban J connectivity index is 3.04. The molecule has 0 fully saturated rings. The summed E-state index contributed by atoms with van der Waals surface area (Å²) in [5, 5.41) is 0.609. The van der Waals surface area contributed by atoms with Gasteiger partial charge in [-0.05, 0) is 33.6 Å². The minimum Gasteiger partial charge on any atom is -0.246 e. The van der Waals surface area contributed by atoms with Crippen molar-refractivity contribution in [2.24, 2.45) is 0 Å². The van der Waals surface area contributed by atoms with Gasteiger partial charge in [-0.15, -0.1) is 0 Å². The SMILES string of the molecule is FCc1ccc(Cl)c(Br)c1. The van der Waals surface area contributed by atoms with Gasteiger partial charge in [0.25, 0.3) is 0 Å². The molecule has 0 aliphatic rings. The highest BCUT2D eigenvalue weighted by Crippen LogP contribution is 2.23. The topological polar surface area (TPSA) is 0 Å². The highest BCUT2D eigenvalue weighted by Gasteiger charge is 1.96. The fraction of sp³-hybridized carbons (Fsp3) is 0.143. The molecule has 0 nitrogen and oxygen atoms in total. The number of hydrogen-bond donors (Lipinski definition) is 0. The van der Waals surface area contributed by atoms with E-state index in [0.717, 1.165) is 4.47 Å². The van der Waals surface area contributed by atoms with Gasteiger partial charge < -0.3 is 0 Å². The van der Waals surface area contributed by atoms with Gasteiger partial charge in [-0.1, -0.05) is 17.7 Å². The third-order valence-corrected chi connectivity index (χ3v) is 2.35. The van der Waals surface area contributed by atoms with Crippen molar-refractivity contribution in [2.75, 3.05) is 0 Å². The average molecular weight is 223 g/mol. The fourth-order valence-corrected chi connectivity index (χ4v) is 1.17. The largest absolute Gasteiger partial charge is 0.246 e. The van der Waals surface area contributed by atoms with Crippen LogP contribution in [0.15, 0.2) is 22.7 Å². The Morgan fingerprint density at radius 1 is 1.50 bits per heavy atom. The number of hydrogen-bond acceptors (Lipinski definition) is 0. The molecular formula is C7H5BrClF. The maximum Gasteiger partial charge on any atom is 0.115 e. The molecule has 0 heterocycles. The molecule has 0 aliphatic heterocycles. The van der Waals surface area contributed by atoms with E-state index in [0.29, 0.717) is 10.6 Å². The van der Waals surface area contributed by atoms with Gasteiger partial charge in [0.1, 0.15) is 6.67 Å². The normalized spacial score (nSPS) is 9.90. The Labute approximate surface area is 72.1 Å². The number of rotatable bonds is 1. The van der Waals surface area contributed by atoms with E-state index < -0.39 is 6.67 Å². The van der Waals surface area contributed by atoms with Crippen LogP contribution in [-0.4, -0.2) is 0 Å². The lowest BCUT2D eigenvalue weighted by Crippen LogP contribution is -1.77. The third kappa shape index (κ3) is 1.70. The molecule has 1 aromatic carbocycles. The molecule has 0 aromatic heterocycles. The summed E-state index contributed by atoms with van der Waals surface area (Å²) in [7, 11) is 0. The molecule has 0 N–H and O–H groups in total. The van der Waals surface area contributed by atoms with Crippen molar-refractivity contribution < 1.29 is 4.39 Å². The molecule has 10 heavy (non-hydrogen) atoms. The molecule has 0 unspecified atom stereocenters. The molecule has 1 rings (SSSR count). The predicted octanol–water partition coefficient (Wildman–Crippen LogP) is 3.57. The molecular weight excluding hydrogens is 218 g/mol. The van der Waals surface area contributed by atoms with E-state index in [9.17, 15) is 4.39 Å². The lowest BCUT2D eigenvalue weighted by Gasteiger charge is -1.96. The smallest absolute Gasteiger partial charge is 0.115 e.